The molecular formula is C19H14N2O3. The first-order chi connectivity index (χ1) is 11.6. The molecular weight excluding hydrogens is 304 g/mol. The summed E-state index contributed by atoms with van der Waals surface area (Å²) < 4.78 is 0. The van der Waals surface area contributed by atoms with Crippen molar-refractivity contribution in [2.75, 3.05) is 11.4 Å². The van der Waals surface area contributed by atoms with Gasteiger partial charge in [-0.15, -0.1) is 0 Å². The van der Waals surface area contributed by atoms with Gasteiger partial charge < -0.3 is 4.90 Å². The second-order valence-electron chi connectivity index (χ2n) is 6.70. The molecule has 0 amide bonds. The first-order valence-corrected chi connectivity index (χ1v) is 7.99. The molecule has 118 valence electrons. The summed E-state index contributed by atoms with van der Waals surface area (Å²) in [5.74, 6) is 0.555. The molecule has 2 atom stereocenters. The highest BCUT2D eigenvalue weighted by Gasteiger charge is 2.66. The maximum Gasteiger partial charge on any atom is 0.269 e. The second kappa shape index (κ2) is 4.32. The lowest BCUT2D eigenvalue weighted by atomic mass is 9.81. The van der Waals surface area contributed by atoms with Crippen molar-refractivity contribution in [3.05, 3.63) is 81.5 Å². The van der Waals surface area contributed by atoms with Crippen LogP contribution in [0.25, 0.3) is 0 Å². The number of benzene rings is 2. The smallest absolute Gasteiger partial charge is 0.269 e. The Labute approximate surface area is 138 Å². The Morgan fingerprint density at radius 2 is 1.88 bits per heavy atom. The minimum absolute atomic E-state index is 0.0354. The third-order valence-corrected chi connectivity index (χ3v) is 5.57. The van der Waals surface area contributed by atoms with Crippen LogP contribution in [-0.2, 0) is 5.41 Å². The van der Waals surface area contributed by atoms with Crippen molar-refractivity contribution >= 4 is 17.2 Å². The number of piperidine rings is 1. The maximum absolute atomic E-state index is 12.5. The van der Waals surface area contributed by atoms with Crippen molar-refractivity contribution in [1.29, 1.82) is 0 Å². The molecule has 0 bridgehead atoms. The van der Waals surface area contributed by atoms with Gasteiger partial charge in [0.25, 0.3) is 5.69 Å². The summed E-state index contributed by atoms with van der Waals surface area (Å²) in [5, 5.41) is 10.8. The molecule has 5 heteroatoms. The van der Waals surface area contributed by atoms with Gasteiger partial charge in [-0.3, -0.25) is 14.9 Å². The van der Waals surface area contributed by atoms with Crippen molar-refractivity contribution in [1.82, 2.24) is 0 Å². The standard InChI is InChI=1S/C19H14N2O3/c22-17-9-18-19(16-4-2-1-3-15(16)17)10-12(19)11-20(18)13-5-7-14(8-6-13)21(23)24/h1-9,12H,10-11H2/t12-,19-/m1/s1. The number of nitro benzene ring substituents is 1. The molecule has 3 aliphatic rings. The Balaban J connectivity index is 1.59. The Hall–Kier alpha value is -2.95. The number of hydrogen-bond acceptors (Lipinski definition) is 4. The third-order valence-electron chi connectivity index (χ3n) is 5.57. The maximum atomic E-state index is 12.5. The average Bonchev–Trinajstić information content (AvgIpc) is 3.23. The zero-order valence-corrected chi connectivity index (χ0v) is 12.8. The van der Waals surface area contributed by atoms with E-state index in [1.807, 2.05) is 18.2 Å². The molecule has 1 spiro atoms. The molecule has 2 fully saturated rings. The minimum atomic E-state index is -0.396. The fourth-order valence-electron chi connectivity index (χ4n) is 4.39. The lowest BCUT2D eigenvalue weighted by Crippen LogP contribution is -2.28. The SMILES string of the molecule is O=C1C=C2N(c3ccc([N+](=O)[O-])cc3)C[C@H]3C[C@@]23c2ccccc21. The normalized spacial score (nSPS) is 26.3. The van der Waals surface area contributed by atoms with E-state index in [2.05, 4.69) is 11.0 Å². The molecule has 0 unspecified atom stereocenters. The van der Waals surface area contributed by atoms with Crippen molar-refractivity contribution in [3.8, 4) is 0 Å². The predicted molar refractivity (Wildman–Crippen MR) is 89.1 cm³/mol. The average molecular weight is 318 g/mol. The molecule has 0 radical (unpaired) electrons. The molecule has 1 saturated heterocycles. The van der Waals surface area contributed by atoms with Crippen molar-refractivity contribution in [2.45, 2.75) is 11.8 Å². The van der Waals surface area contributed by atoms with E-state index in [9.17, 15) is 14.9 Å². The van der Waals surface area contributed by atoms with Gasteiger partial charge in [-0.2, -0.15) is 0 Å². The number of rotatable bonds is 2. The van der Waals surface area contributed by atoms with Crippen molar-refractivity contribution in [3.63, 3.8) is 0 Å². The number of nitro groups is 1. The number of carbonyl (C=O) groups is 1. The first-order valence-electron chi connectivity index (χ1n) is 7.99. The zero-order chi connectivity index (χ0) is 16.5. The Bertz CT molecular complexity index is 932. The van der Waals surface area contributed by atoms with Crippen LogP contribution in [0.5, 0.6) is 0 Å². The van der Waals surface area contributed by atoms with Crippen molar-refractivity contribution < 1.29 is 9.72 Å². The Morgan fingerprint density at radius 1 is 1.12 bits per heavy atom. The van der Waals surface area contributed by atoms with E-state index in [4.69, 9.17) is 0 Å². The van der Waals surface area contributed by atoms with Gasteiger partial charge in [0.1, 0.15) is 0 Å². The van der Waals surface area contributed by atoms with E-state index in [0.717, 1.165) is 35.5 Å². The number of fused-ring (bicyclic) bond motifs is 1. The largest absolute Gasteiger partial charge is 0.344 e. The highest BCUT2D eigenvalue weighted by molar-refractivity contribution is 6.09. The highest BCUT2D eigenvalue weighted by atomic mass is 16.6. The monoisotopic (exact) mass is 318 g/mol. The van der Waals surface area contributed by atoms with Gasteiger partial charge >= 0.3 is 0 Å². The summed E-state index contributed by atoms with van der Waals surface area (Å²) in [5.41, 5.74) is 3.95. The van der Waals surface area contributed by atoms with E-state index in [0.29, 0.717) is 5.92 Å². The summed E-state index contributed by atoms with van der Waals surface area (Å²) in [6.07, 6.45) is 2.84. The molecule has 1 saturated carbocycles. The predicted octanol–water partition coefficient (Wildman–Crippen LogP) is 3.45. The van der Waals surface area contributed by atoms with Crippen LogP contribution >= 0.6 is 0 Å². The van der Waals surface area contributed by atoms with Crippen LogP contribution in [0.1, 0.15) is 22.3 Å². The second-order valence-corrected chi connectivity index (χ2v) is 6.70. The minimum Gasteiger partial charge on any atom is -0.344 e. The van der Waals surface area contributed by atoms with E-state index in [-0.39, 0.29) is 16.9 Å². The number of ketones is 1. The van der Waals surface area contributed by atoms with Gasteiger partial charge in [0.05, 0.1) is 4.92 Å². The van der Waals surface area contributed by atoms with E-state index < -0.39 is 4.92 Å². The summed E-state index contributed by atoms with van der Waals surface area (Å²) >= 11 is 0. The van der Waals surface area contributed by atoms with E-state index in [1.54, 1.807) is 18.2 Å². The first kappa shape index (κ1) is 13.5. The summed E-state index contributed by atoms with van der Waals surface area (Å²) in [6.45, 7) is 0.852. The zero-order valence-electron chi connectivity index (χ0n) is 12.8. The Morgan fingerprint density at radius 3 is 2.62 bits per heavy atom. The number of hydrogen-bond donors (Lipinski definition) is 0. The molecule has 1 heterocycles. The van der Waals surface area contributed by atoms with Crippen LogP contribution < -0.4 is 4.90 Å². The fraction of sp³-hybridized carbons (Fsp3) is 0.211. The van der Waals surface area contributed by atoms with Gasteiger partial charge in [0.2, 0.25) is 0 Å². The van der Waals surface area contributed by atoms with Crippen LogP contribution in [0.2, 0.25) is 0 Å². The molecule has 5 nitrogen and oxygen atoms in total. The molecule has 0 N–H and O–H groups in total. The molecule has 0 aromatic heterocycles. The van der Waals surface area contributed by atoms with Gasteiger partial charge in [0, 0.05) is 47.1 Å². The molecule has 2 aromatic carbocycles. The molecule has 5 rings (SSSR count). The summed E-state index contributed by atoms with van der Waals surface area (Å²) in [6, 6.07) is 14.4. The van der Waals surface area contributed by atoms with Gasteiger partial charge in [-0.05, 0) is 30.0 Å². The van der Waals surface area contributed by atoms with E-state index in [1.165, 1.54) is 12.1 Å². The quantitative estimate of drug-likeness (QED) is 0.628. The van der Waals surface area contributed by atoms with Crippen LogP contribution in [0.3, 0.4) is 0 Å². The summed E-state index contributed by atoms with van der Waals surface area (Å²) in [7, 11) is 0. The van der Waals surface area contributed by atoms with Gasteiger partial charge in [-0.1, -0.05) is 24.3 Å². The lowest BCUT2D eigenvalue weighted by Gasteiger charge is -2.30. The molecule has 2 aromatic rings. The highest BCUT2D eigenvalue weighted by Crippen LogP contribution is 2.67. The van der Waals surface area contributed by atoms with E-state index >= 15 is 0 Å². The molecule has 1 aliphatic heterocycles. The number of anilines is 1. The molecule has 2 aliphatic carbocycles. The van der Waals surface area contributed by atoms with Crippen LogP contribution in [-0.4, -0.2) is 17.3 Å². The number of non-ortho nitro benzene ring substituents is 1. The summed E-state index contributed by atoms with van der Waals surface area (Å²) in [4.78, 5) is 25.1. The number of allylic oxidation sites excluding steroid dienone is 2. The van der Waals surface area contributed by atoms with Gasteiger partial charge in [0.15, 0.2) is 5.78 Å². The Kier molecular flexibility index (Phi) is 2.43. The van der Waals surface area contributed by atoms with Gasteiger partial charge in [-0.25, -0.2) is 0 Å². The number of carbonyl (C=O) groups excluding carboxylic acids is 1. The van der Waals surface area contributed by atoms with Crippen LogP contribution in [0.15, 0.2) is 60.3 Å². The van der Waals surface area contributed by atoms with Crippen molar-refractivity contribution in [2.24, 2.45) is 5.92 Å². The van der Waals surface area contributed by atoms with Crippen LogP contribution in [0.4, 0.5) is 11.4 Å². The molecule has 24 heavy (non-hydrogen) atoms. The fourth-order valence-corrected chi connectivity index (χ4v) is 4.39. The number of nitrogens with zero attached hydrogens (tertiary/aromatic N) is 2. The van der Waals surface area contributed by atoms with Crippen LogP contribution in [0, 0.1) is 16.0 Å². The topological polar surface area (TPSA) is 63.5 Å². The third kappa shape index (κ3) is 1.56. The lowest BCUT2D eigenvalue weighted by molar-refractivity contribution is -0.384.